The van der Waals surface area contributed by atoms with Gasteiger partial charge >= 0.3 is 0 Å². The Hall–Kier alpha value is -1.44. The molecule has 0 unspecified atom stereocenters. The van der Waals surface area contributed by atoms with Crippen molar-refractivity contribution in [3.63, 3.8) is 0 Å². The molecule has 0 aromatic carbocycles. The molecule has 0 radical (unpaired) electrons. The van der Waals surface area contributed by atoms with Crippen LogP contribution in [0.15, 0.2) is 33.8 Å². The zero-order chi connectivity index (χ0) is 14.6. The minimum Gasteiger partial charge on any atom is -0.449 e. The Morgan fingerprint density at radius 3 is 2.24 bits per heavy atom. The molecule has 1 aromatic rings. The van der Waals surface area contributed by atoms with Crippen LogP contribution in [0.4, 0.5) is 0 Å². The monoisotopic (exact) mass is 396 g/mol. The van der Waals surface area contributed by atoms with Gasteiger partial charge in [0.25, 0.3) is 11.8 Å². The maximum Gasteiger partial charge on any atom is 0.254 e. The third-order valence-corrected chi connectivity index (χ3v) is 5.21. The highest BCUT2D eigenvalue weighted by Gasteiger charge is 2.56. The highest BCUT2D eigenvalue weighted by atomic mass is 127. The van der Waals surface area contributed by atoms with Crippen LogP contribution in [0.2, 0.25) is 0 Å². The number of halogens is 1. The normalized spacial score (nSPS) is 34.2. The van der Waals surface area contributed by atoms with Crippen LogP contribution >= 0.6 is 22.6 Å². The highest BCUT2D eigenvalue weighted by molar-refractivity contribution is 14.1. The van der Waals surface area contributed by atoms with E-state index >= 15 is 0 Å². The molecule has 2 bridgehead atoms. The Morgan fingerprint density at radius 2 is 1.76 bits per heavy atom. The van der Waals surface area contributed by atoms with Crippen LogP contribution in [0.5, 0.6) is 0 Å². The van der Waals surface area contributed by atoms with Gasteiger partial charge in [-0.2, -0.15) is 10.1 Å². The Kier molecular flexibility index (Phi) is 3.02. The van der Waals surface area contributed by atoms with E-state index in [2.05, 4.69) is 39.8 Å². The lowest BCUT2D eigenvalue weighted by molar-refractivity contribution is -0.140. The van der Waals surface area contributed by atoms with Crippen LogP contribution < -0.4 is 0 Å². The van der Waals surface area contributed by atoms with E-state index in [4.69, 9.17) is 4.42 Å². The molecule has 1 saturated carbocycles. The molecule has 3 aliphatic carbocycles. The summed E-state index contributed by atoms with van der Waals surface area (Å²) >= 11 is 2.05. The fraction of sp³-hybridized carbons (Fsp3) is 0.400. The van der Waals surface area contributed by atoms with E-state index in [0.717, 1.165) is 21.6 Å². The van der Waals surface area contributed by atoms with Gasteiger partial charge in [-0.1, -0.05) is 12.2 Å². The molecule has 5 rings (SSSR count). The summed E-state index contributed by atoms with van der Waals surface area (Å²) in [5.74, 6) is 0.173. The molecule has 2 amide bonds. The zero-order valence-corrected chi connectivity index (χ0v) is 13.3. The first-order valence-corrected chi connectivity index (χ1v) is 8.08. The maximum absolute atomic E-state index is 12.5. The van der Waals surface area contributed by atoms with E-state index in [1.807, 2.05) is 0 Å². The minimum absolute atomic E-state index is 0.165. The fourth-order valence-electron chi connectivity index (χ4n) is 3.68. The number of hydrazone groups is 1. The van der Waals surface area contributed by atoms with Gasteiger partial charge in [0, 0.05) is 0 Å². The molecular weight excluding hydrogens is 383 g/mol. The van der Waals surface area contributed by atoms with E-state index in [1.54, 1.807) is 12.1 Å². The van der Waals surface area contributed by atoms with Crippen LogP contribution in [0, 0.1) is 27.4 Å². The molecule has 1 saturated heterocycles. The average molecular weight is 396 g/mol. The number of fused-ring (bicyclic) bond motifs is 1. The van der Waals surface area contributed by atoms with E-state index in [9.17, 15) is 9.59 Å². The van der Waals surface area contributed by atoms with Crippen molar-refractivity contribution in [2.75, 3.05) is 0 Å². The molecule has 1 aliphatic heterocycles. The van der Waals surface area contributed by atoms with E-state index in [-0.39, 0.29) is 35.5 Å². The third-order valence-electron chi connectivity index (χ3n) is 4.63. The molecule has 2 fully saturated rings. The minimum atomic E-state index is -0.213. The lowest BCUT2D eigenvalue weighted by Gasteiger charge is -2.37. The molecule has 4 aliphatic rings. The second kappa shape index (κ2) is 4.79. The average Bonchev–Trinajstić information content (AvgIpc) is 3.03. The molecule has 0 spiro atoms. The van der Waals surface area contributed by atoms with Crippen molar-refractivity contribution in [2.45, 2.75) is 12.8 Å². The summed E-state index contributed by atoms with van der Waals surface area (Å²) in [7, 11) is 0. The van der Waals surface area contributed by atoms with Gasteiger partial charge in [0.1, 0.15) is 5.76 Å². The number of rotatable bonds is 2. The highest BCUT2D eigenvalue weighted by Crippen LogP contribution is 2.49. The van der Waals surface area contributed by atoms with Gasteiger partial charge in [-0.3, -0.25) is 9.59 Å². The first-order valence-electron chi connectivity index (χ1n) is 7.00. The van der Waals surface area contributed by atoms with Gasteiger partial charge in [-0.15, -0.1) is 0 Å². The summed E-state index contributed by atoms with van der Waals surface area (Å²) in [4.78, 5) is 25.0. The fourth-order valence-corrected chi connectivity index (χ4v) is 4.12. The molecule has 108 valence electrons. The molecule has 4 atom stereocenters. The molecule has 2 heterocycles. The zero-order valence-electron chi connectivity index (χ0n) is 11.1. The molecule has 6 heteroatoms. The topological polar surface area (TPSA) is 62.9 Å². The standard InChI is InChI=1S/C15H13IN2O3/c16-11-6-5-10(21-11)7-17-18-14(19)12-8-1-2-9(4-3-8)13(12)15(18)20/h1-2,5-9,12-13H,3-4H2/b17-7-/t8-,9+,12-,13-/m0/s1. The number of furan rings is 1. The Morgan fingerprint density at radius 1 is 1.14 bits per heavy atom. The summed E-state index contributed by atoms with van der Waals surface area (Å²) in [5.41, 5.74) is 0. The van der Waals surface area contributed by atoms with Crippen molar-refractivity contribution in [1.29, 1.82) is 0 Å². The van der Waals surface area contributed by atoms with Gasteiger partial charge in [0.2, 0.25) is 0 Å². The number of imide groups is 1. The molecular formula is C15H13IN2O3. The van der Waals surface area contributed by atoms with Gasteiger partial charge < -0.3 is 4.42 Å². The predicted octanol–water partition coefficient (Wildman–Crippen LogP) is 2.42. The first kappa shape index (κ1) is 13.2. The van der Waals surface area contributed by atoms with Crippen molar-refractivity contribution in [3.8, 4) is 0 Å². The van der Waals surface area contributed by atoms with Crippen molar-refractivity contribution >= 4 is 40.6 Å². The number of hydrogen-bond acceptors (Lipinski definition) is 4. The quantitative estimate of drug-likeness (QED) is 0.334. The number of carbonyl (C=O) groups excluding carboxylic acids is 2. The number of allylic oxidation sites excluding steroid dienone is 2. The lowest BCUT2D eigenvalue weighted by atomic mass is 9.63. The molecule has 1 aromatic heterocycles. The van der Waals surface area contributed by atoms with Crippen molar-refractivity contribution < 1.29 is 14.0 Å². The number of amides is 2. The van der Waals surface area contributed by atoms with Gasteiger partial charge in [0.15, 0.2) is 3.77 Å². The Labute approximate surface area is 135 Å². The number of carbonyl (C=O) groups is 2. The van der Waals surface area contributed by atoms with E-state index < -0.39 is 0 Å². The molecule has 21 heavy (non-hydrogen) atoms. The van der Waals surface area contributed by atoms with E-state index in [1.165, 1.54) is 6.21 Å². The van der Waals surface area contributed by atoms with Crippen LogP contribution in [-0.4, -0.2) is 23.0 Å². The van der Waals surface area contributed by atoms with Crippen LogP contribution in [0.1, 0.15) is 18.6 Å². The summed E-state index contributed by atoms with van der Waals surface area (Å²) < 4.78 is 6.10. The Bertz CT molecular complexity index is 646. The summed E-state index contributed by atoms with van der Waals surface area (Å²) in [6.45, 7) is 0. The van der Waals surface area contributed by atoms with Gasteiger partial charge in [0.05, 0.1) is 18.1 Å². The number of nitrogens with zero attached hydrogens (tertiary/aromatic N) is 2. The maximum atomic E-state index is 12.5. The van der Waals surface area contributed by atoms with Crippen LogP contribution in [-0.2, 0) is 9.59 Å². The summed E-state index contributed by atoms with van der Waals surface area (Å²) in [6, 6.07) is 3.56. The Balaban J connectivity index is 1.62. The predicted molar refractivity (Wildman–Crippen MR) is 83.2 cm³/mol. The van der Waals surface area contributed by atoms with Crippen LogP contribution in [0.3, 0.4) is 0 Å². The first-order chi connectivity index (χ1) is 10.1. The van der Waals surface area contributed by atoms with E-state index in [0.29, 0.717) is 5.76 Å². The van der Waals surface area contributed by atoms with Gasteiger partial charge in [-0.05, 0) is 59.4 Å². The van der Waals surface area contributed by atoms with Crippen LogP contribution in [0.25, 0.3) is 0 Å². The van der Waals surface area contributed by atoms with Crippen molar-refractivity contribution in [2.24, 2.45) is 28.8 Å². The smallest absolute Gasteiger partial charge is 0.254 e. The van der Waals surface area contributed by atoms with Crippen molar-refractivity contribution in [3.05, 3.63) is 33.8 Å². The molecule has 0 N–H and O–H groups in total. The lowest BCUT2D eigenvalue weighted by Crippen LogP contribution is -2.38. The molecule has 5 nitrogen and oxygen atoms in total. The third kappa shape index (κ3) is 1.99. The summed E-state index contributed by atoms with van der Waals surface area (Å²) in [5, 5.41) is 5.12. The summed E-state index contributed by atoms with van der Waals surface area (Å²) in [6.07, 6.45) is 7.63. The largest absolute Gasteiger partial charge is 0.449 e. The van der Waals surface area contributed by atoms with Gasteiger partial charge in [-0.25, -0.2) is 0 Å². The van der Waals surface area contributed by atoms with Crippen molar-refractivity contribution in [1.82, 2.24) is 5.01 Å². The number of hydrogen-bond donors (Lipinski definition) is 0. The second-order valence-corrected chi connectivity index (χ2v) is 6.78. The second-order valence-electron chi connectivity index (χ2n) is 5.72. The SMILES string of the molecule is O=C1[C@@H]2[C@@H](C(=O)N1/N=C\c1ccc(I)o1)[C@H]1C=C[C@@H]2CC1.